The number of methoxy groups -OCH3 is 1. The van der Waals surface area contributed by atoms with Gasteiger partial charge in [0.2, 0.25) is 5.91 Å². The Labute approximate surface area is 182 Å². The molecule has 0 radical (unpaired) electrons. The molecule has 7 heteroatoms. The summed E-state index contributed by atoms with van der Waals surface area (Å²) in [5, 5.41) is 18.6. The van der Waals surface area contributed by atoms with Gasteiger partial charge in [-0.2, -0.15) is 0 Å². The molecule has 1 aromatic carbocycles. The van der Waals surface area contributed by atoms with Gasteiger partial charge in [0.05, 0.1) is 12.7 Å². The fourth-order valence-corrected chi connectivity index (χ4v) is 4.08. The Morgan fingerprint density at radius 1 is 1.20 bits per heavy atom. The second-order valence-corrected chi connectivity index (χ2v) is 8.42. The number of carboxylic acid groups (broad SMARTS) is 1. The Morgan fingerprint density at radius 2 is 1.93 bits per heavy atom. The van der Waals surface area contributed by atoms with E-state index >= 15 is 0 Å². The largest absolute Gasteiger partial charge is 0.477 e. The number of nitrogens with zero attached hydrogens (tertiary/aromatic N) is 1. The van der Waals surface area contributed by atoms with E-state index in [9.17, 15) is 14.7 Å². The third kappa shape index (κ3) is 7.23. The predicted molar refractivity (Wildman–Crippen MR) is 119 cm³/mol. The average Bonchev–Trinajstić information content (AvgIpc) is 3.38. The van der Waals surface area contributed by atoms with Crippen LogP contribution in [0.2, 0.25) is 0 Å². The molecule has 1 saturated heterocycles. The number of carbonyl (C=O) groups excluding carboxylic acids is 1. The van der Waals surface area contributed by atoms with E-state index in [4.69, 9.17) is 9.84 Å². The number of thiophene rings is 1. The highest BCUT2D eigenvalue weighted by molar-refractivity contribution is 7.13. The minimum absolute atomic E-state index is 0.205. The maximum absolute atomic E-state index is 11.6. The van der Waals surface area contributed by atoms with Gasteiger partial charge < -0.3 is 19.8 Å². The molecule has 1 fully saturated rings. The fraction of sp³-hybridized carbons (Fsp3) is 0.478. The first kappa shape index (κ1) is 24.1. The Morgan fingerprint density at radius 3 is 2.47 bits per heavy atom. The first-order valence-corrected chi connectivity index (χ1v) is 11.2. The highest BCUT2D eigenvalue weighted by Crippen LogP contribution is 2.25. The van der Waals surface area contributed by atoms with Crippen molar-refractivity contribution in [2.75, 3.05) is 18.6 Å². The van der Waals surface area contributed by atoms with Crippen molar-refractivity contribution in [3.63, 3.8) is 0 Å². The fourth-order valence-electron chi connectivity index (χ4n) is 3.26. The quantitative estimate of drug-likeness (QED) is 0.542. The van der Waals surface area contributed by atoms with Crippen LogP contribution in [-0.2, 0) is 16.1 Å². The number of aliphatic hydroxyl groups is 1. The molecule has 0 spiro atoms. The van der Waals surface area contributed by atoms with Crippen LogP contribution in [0.15, 0.2) is 36.4 Å². The Balaban J connectivity index is 0.000000248. The van der Waals surface area contributed by atoms with Gasteiger partial charge in [-0.15, -0.1) is 11.3 Å². The second-order valence-electron chi connectivity index (χ2n) is 7.26. The van der Waals surface area contributed by atoms with Crippen LogP contribution >= 0.6 is 11.3 Å². The molecule has 2 aromatic rings. The lowest BCUT2D eigenvalue weighted by Crippen LogP contribution is -2.23. The number of hydrogen-bond donors (Lipinski definition) is 2. The molecule has 1 aliphatic heterocycles. The summed E-state index contributed by atoms with van der Waals surface area (Å²) in [5.41, 5.74) is 1.90. The maximum atomic E-state index is 11.6. The number of anilines is 1. The smallest absolute Gasteiger partial charge is 0.345 e. The molecule has 30 heavy (non-hydrogen) atoms. The van der Waals surface area contributed by atoms with Crippen molar-refractivity contribution in [1.29, 1.82) is 0 Å². The van der Waals surface area contributed by atoms with E-state index in [1.165, 1.54) is 17.8 Å². The summed E-state index contributed by atoms with van der Waals surface area (Å²) in [6.45, 7) is 3.46. The van der Waals surface area contributed by atoms with Crippen LogP contribution < -0.4 is 4.90 Å². The number of unbranched alkanes of at least 4 members (excludes halogenated alkanes) is 2. The molecule has 2 N–H and O–H groups in total. The summed E-state index contributed by atoms with van der Waals surface area (Å²) in [6.07, 6.45) is 5.43. The highest BCUT2D eigenvalue weighted by Gasteiger charge is 2.21. The molecule has 0 aliphatic carbocycles. The number of hydrogen-bond acceptors (Lipinski definition) is 5. The molecular weight excluding hydrogens is 402 g/mol. The molecule has 164 valence electrons. The Kier molecular flexibility index (Phi) is 10.00. The Hall–Kier alpha value is -2.22. The zero-order chi connectivity index (χ0) is 21.9. The van der Waals surface area contributed by atoms with Crippen molar-refractivity contribution in [2.45, 2.75) is 58.2 Å². The van der Waals surface area contributed by atoms with Crippen LogP contribution in [0.25, 0.3) is 0 Å². The molecule has 3 rings (SSSR count). The number of benzene rings is 1. The molecule has 1 amide bonds. The number of ether oxygens (including phenoxy) is 1. The number of rotatable bonds is 9. The summed E-state index contributed by atoms with van der Waals surface area (Å²) in [6, 6.07) is 11.1. The van der Waals surface area contributed by atoms with Crippen LogP contribution in [0, 0.1) is 0 Å². The van der Waals surface area contributed by atoms with Crippen LogP contribution in [0.1, 0.15) is 71.7 Å². The van der Waals surface area contributed by atoms with E-state index in [2.05, 4.69) is 6.92 Å². The van der Waals surface area contributed by atoms with E-state index in [1.54, 1.807) is 19.2 Å². The number of aromatic carboxylic acids is 1. The van der Waals surface area contributed by atoms with Crippen molar-refractivity contribution in [3.05, 3.63) is 51.7 Å². The molecule has 0 saturated carbocycles. The number of carboxylic acids is 1. The second kappa shape index (κ2) is 12.5. The van der Waals surface area contributed by atoms with Crippen molar-refractivity contribution in [1.82, 2.24) is 0 Å². The van der Waals surface area contributed by atoms with Gasteiger partial charge in [-0.1, -0.05) is 38.3 Å². The molecule has 1 aliphatic rings. The molecule has 1 atom stereocenters. The zero-order valence-corrected chi connectivity index (χ0v) is 18.5. The van der Waals surface area contributed by atoms with E-state index < -0.39 is 5.97 Å². The number of aliphatic hydroxyl groups excluding tert-OH is 1. The van der Waals surface area contributed by atoms with Gasteiger partial charge in [-0.3, -0.25) is 4.79 Å². The van der Waals surface area contributed by atoms with Gasteiger partial charge in [0.1, 0.15) is 4.88 Å². The van der Waals surface area contributed by atoms with Crippen LogP contribution in [0.3, 0.4) is 0 Å². The average molecular weight is 434 g/mol. The topological polar surface area (TPSA) is 87.1 Å². The summed E-state index contributed by atoms with van der Waals surface area (Å²) < 4.78 is 4.84. The van der Waals surface area contributed by atoms with Crippen LogP contribution in [-0.4, -0.2) is 35.7 Å². The molecule has 1 unspecified atom stereocenters. The number of carbonyl (C=O) groups is 2. The highest BCUT2D eigenvalue weighted by atomic mass is 32.1. The molecule has 6 nitrogen and oxygen atoms in total. The van der Waals surface area contributed by atoms with Crippen molar-refractivity contribution in [3.8, 4) is 0 Å². The van der Waals surface area contributed by atoms with Gasteiger partial charge in [0.25, 0.3) is 0 Å². The lowest BCUT2D eigenvalue weighted by molar-refractivity contribution is -0.117. The van der Waals surface area contributed by atoms with Gasteiger partial charge in [-0.05, 0) is 42.7 Å². The third-order valence-corrected chi connectivity index (χ3v) is 5.95. The normalized spacial score (nSPS) is 14.4. The molecule has 1 aromatic heterocycles. The lowest BCUT2D eigenvalue weighted by Gasteiger charge is -2.17. The lowest BCUT2D eigenvalue weighted by atomic mass is 10.0. The van der Waals surface area contributed by atoms with Crippen LogP contribution in [0.5, 0.6) is 0 Å². The minimum atomic E-state index is -0.877. The Bertz CT molecular complexity index is 802. The minimum Gasteiger partial charge on any atom is -0.477 e. The molecular formula is C23H31NO5S. The van der Waals surface area contributed by atoms with Crippen molar-refractivity contribution < 1.29 is 24.5 Å². The summed E-state index contributed by atoms with van der Waals surface area (Å²) in [4.78, 5) is 25.2. The maximum Gasteiger partial charge on any atom is 0.345 e. The third-order valence-electron chi connectivity index (χ3n) is 4.90. The van der Waals surface area contributed by atoms with E-state index in [0.717, 1.165) is 48.4 Å². The van der Waals surface area contributed by atoms with E-state index in [0.29, 0.717) is 17.9 Å². The van der Waals surface area contributed by atoms with E-state index in [1.807, 2.05) is 29.2 Å². The zero-order valence-electron chi connectivity index (χ0n) is 17.7. The molecule has 0 bridgehead atoms. The monoisotopic (exact) mass is 433 g/mol. The molecule has 2 heterocycles. The first-order valence-electron chi connectivity index (χ1n) is 10.4. The van der Waals surface area contributed by atoms with Crippen molar-refractivity contribution >= 4 is 28.9 Å². The van der Waals surface area contributed by atoms with Crippen molar-refractivity contribution in [2.24, 2.45) is 0 Å². The van der Waals surface area contributed by atoms with Gasteiger partial charge in [-0.25, -0.2) is 4.79 Å². The summed E-state index contributed by atoms with van der Waals surface area (Å²) in [7, 11) is 1.58. The van der Waals surface area contributed by atoms with Crippen LogP contribution in [0.4, 0.5) is 5.69 Å². The summed E-state index contributed by atoms with van der Waals surface area (Å²) in [5.74, 6) is -0.673. The predicted octanol–water partition coefficient (Wildman–Crippen LogP) is 5.02. The standard InChI is InChI=1S/C16H23NO2.C7H8O3S/c1-2-3-4-6-15(18)13-8-10-14(11-9-13)17-12-5-7-16(17)19;1-10-4-5-2-3-6(11-5)7(8)9/h8-11,15,18H,2-7,12H2,1H3;2-3H,4H2,1H3,(H,8,9). The van der Waals surface area contributed by atoms with E-state index in [-0.39, 0.29) is 12.0 Å². The first-order chi connectivity index (χ1) is 14.5. The number of amides is 1. The van der Waals surface area contributed by atoms with Gasteiger partial charge in [0, 0.05) is 30.6 Å². The SMILES string of the molecule is CCCCCC(O)c1ccc(N2CCCC2=O)cc1.COCc1ccc(C(=O)O)s1. The summed E-state index contributed by atoms with van der Waals surface area (Å²) >= 11 is 1.24. The van der Waals surface area contributed by atoms with Gasteiger partial charge >= 0.3 is 5.97 Å². The van der Waals surface area contributed by atoms with Gasteiger partial charge in [0.15, 0.2) is 0 Å².